The van der Waals surface area contributed by atoms with Crippen LogP contribution in [0.3, 0.4) is 0 Å². The van der Waals surface area contributed by atoms with E-state index in [-0.39, 0.29) is 12.1 Å². The first-order chi connectivity index (χ1) is 8.81. The first kappa shape index (κ1) is 14.9. The Bertz CT molecular complexity index is 494. The molecule has 0 saturated carbocycles. The molecule has 1 rings (SSSR count). The molecule has 0 radical (unpaired) electrons. The maximum atomic E-state index is 12.0. The third-order valence-corrected chi connectivity index (χ3v) is 2.01. The highest BCUT2D eigenvalue weighted by atomic mass is 19.4. The van der Waals surface area contributed by atoms with Gasteiger partial charge in [-0.3, -0.25) is 4.79 Å². The van der Waals surface area contributed by atoms with E-state index in [1.165, 1.54) is 12.1 Å². The van der Waals surface area contributed by atoms with Crippen molar-refractivity contribution in [3.63, 3.8) is 0 Å². The van der Waals surface area contributed by atoms with Crippen LogP contribution >= 0.6 is 0 Å². The molecule has 19 heavy (non-hydrogen) atoms. The molecule has 1 aromatic rings. The van der Waals surface area contributed by atoms with Gasteiger partial charge in [0.15, 0.2) is 0 Å². The van der Waals surface area contributed by atoms with Gasteiger partial charge in [0.05, 0.1) is 6.04 Å². The standard InChI is InChI=1S/C12H11F3N2O2/c1-2-4-10(16)11(18)17-8-5-3-6-9(7-8)19-12(13,14)15/h1,3,5-7,10H,4,16H2,(H,17,18). The van der Waals surface area contributed by atoms with Crippen molar-refractivity contribution in [2.24, 2.45) is 5.73 Å². The number of halogens is 3. The summed E-state index contributed by atoms with van der Waals surface area (Å²) < 4.78 is 39.8. The van der Waals surface area contributed by atoms with Crippen molar-refractivity contribution in [3.05, 3.63) is 24.3 Å². The lowest BCUT2D eigenvalue weighted by Gasteiger charge is -2.12. The van der Waals surface area contributed by atoms with E-state index in [0.717, 1.165) is 12.1 Å². The van der Waals surface area contributed by atoms with Gasteiger partial charge in [-0.05, 0) is 12.1 Å². The Hall–Kier alpha value is -2.20. The maximum Gasteiger partial charge on any atom is 0.573 e. The second-order valence-corrected chi connectivity index (χ2v) is 3.58. The van der Waals surface area contributed by atoms with E-state index < -0.39 is 24.1 Å². The molecule has 0 aliphatic rings. The fourth-order valence-corrected chi connectivity index (χ4v) is 1.23. The number of carbonyl (C=O) groups is 1. The second-order valence-electron chi connectivity index (χ2n) is 3.58. The third kappa shape index (κ3) is 5.31. The predicted molar refractivity (Wildman–Crippen MR) is 63.2 cm³/mol. The molecule has 0 heterocycles. The number of nitrogens with two attached hydrogens (primary N) is 1. The number of rotatable bonds is 4. The zero-order valence-corrected chi connectivity index (χ0v) is 9.70. The van der Waals surface area contributed by atoms with E-state index in [9.17, 15) is 18.0 Å². The number of hydrogen-bond donors (Lipinski definition) is 2. The van der Waals surface area contributed by atoms with Crippen LogP contribution in [0, 0.1) is 12.3 Å². The van der Waals surface area contributed by atoms with Crippen LogP contribution in [0.25, 0.3) is 0 Å². The summed E-state index contributed by atoms with van der Waals surface area (Å²) in [4.78, 5) is 11.5. The molecule has 102 valence electrons. The van der Waals surface area contributed by atoms with Crippen LogP contribution in [0.4, 0.5) is 18.9 Å². The molecule has 1 unspecified atom stereocenters. The van der Waals surface area contributed by atoms with Crippen LogP contribution in [0.2, 0.25) is 0 Å². The normalized spacial score (nSPS) is 12.4. The Labute approximate surface area is 107 Å². The van der Waals surface area contributed by atoms with Crippen LogP contribution in [0.5, 0.6) is 5.75 Å². The molecule has 0 aliphatic heterocycles. The van der Waals surface area contributed by atoms with Gasteiger partial charge in [0.1, 0.15) is 5.75 Å². The van der Waals surface area contributed by atoms with E-state index in [4.69, 9.17) is 12.2 Å². The topological polar surface area (TPSA) is 64.4 Å². The van der Waals surface area contributed by atoms with E-state index in [1.54, 1.807) is 0 Å². The molecule has 1 aromatic carbocycles. The minimum Gasteiger partial charge on any atom is -0.406 e. The molecular formula is C12H11F3N2O2. The molecule has 0 saturated heterocycles. The number of amides is 1. The van der Waals surface area contributed by atoms with Crippen molar-refractivity contribution in [1.82, 2.24) is 0 Å². The minimum absolute atomic E-state index is 0.0323. The molecule has 0 aromatic heterocycles. The third-order valence-electron chi connectivity index (χ3n) is 2.01. The van der Waals surface area contributed by atoms with Gasteiger partial charge < -0.3 is 15.8 Å². The molecule has 0 fully saturated rings. The van der Waals surface area contributed by atoms with Gasteiger partial charge in [0.2, 0.25) is 5.91 Å². The minimum atomic E-state index is -4.79. The van der Waals surface area contributed by atoms with E-state index in [1.807, 2.05) is 0 Å². The van der Waals surface area contributed by atoms with Crippen LogP contribution in [-0.2, 0) is 4.79 Å². The highest BCUT2D eigenvalue weighted by Gasteiger charge is 2.31. The zero-order chi connectivity index (χ0) is 14.5. The van der Waals surface area contributed by atoms with Crippen molar-refractivity contribution in [3.8, 4) is 18.1 Å². The maximum absolute atomic E-state index is 12.0. The van der Waals surface area contributed by atoms with Crippen LogP contribution in [-0.4, -0.2) is 18.3 Å². The second kappa shape index (κ2) is 6.11. The fraction of sp³-hybridized carbons (Fsp3) is 0.250. The summed E-state index contributed by atoms with van der Waals surface area (Å²) in [5.74, 6) is 1.20. The molecule has 1 atom stereocenters. The Morgan fingerprint density at radius 2 is 2.21 bits per heavy atom. The van der Waals surface area contributed by atoms with Gasteiger partial charge in [0, 0.05) is 18.2 Å². The van der Waals surface area contributed by atoms with Crippen molar-refractivity contribution < 1.29 is 22.7 Å². The first-order valence-electron chi connectivity index (χ1n) is 5.17. The molecule has 3 N–H and O–H groups in total. The highest BCUT2D eigenvalue weighted by Crippen LogP contribution is 2.25. The highest BCUT2D eigenvalue weighted by molar-refractivity contribution is 5.95. The lowest BCUT2D eigenvalue weighted by molar-refractivity contribution is -0.274. The van der Waals surface area contributed by atoms with Crippen molar-refractivity contribution >= 4 is 11.6 Å². The lowest BCUT2D eigenvalue weighted by Crippen LogP contribution is -2.35. The largest absolute Gasteiger partial charge is 0.573 e. The number of ether oxygens (including phenoxy) is 1. The average Bonchev–Trinajstić information content (AvgIpc) is 2.27. The fourth-order valence-electron chi connectivity index (χ4n) is 1.23. The number of alkyl halides is 3. The quantitative estimate of drug-likeness (QED) is 0.822. The average molecular weight is 272 g/mol. The summed E-state index contributed by atoms with van der Waals surface area (Å²) in [6.45, 7) is 0. The summed E-state index contributed by atoms with van der Waals surface area (Å²) >= 11 is 0. The Balaban J connectivity index is 2.73. The smallest absolute Gasteiger partial charge is 0.406 e. The number of benzene rings is 1. The number of nitrogens with one attached hydrogen (secondary N) is 1. The monoisotopic (exact) mass is 272 g/mol. The number of hydrogen-bond acceptors (Lipinski definition) is 3. The van der Waals surface area contributed by atoms with Gasteiger partial charge in [-0.15, -0.1) is 25.5 Å². The summed E-state index contributed by atoms with van der Waals surface area (Å²) in [6.07, 6.45) is 0.242. The Morgan fingerprint density at radius 1 is 1.53 bits per heavy atom. The molecule has 0 spiro atoms. The summed E-state index contributed by atoms with van der Waals surface area (Å²) in [6, 6.07) is 3.95. The van der Waals surface area contributed by atoms with Gasteiger partial charge in [0.25, 0.3) is 0 Å². The predicted octanol–water partition coefficient (Wildman–Crippen LogP) is 1.87. The Morgan fingerprint density at radius 3 is 2.79 bits per heavy atom. The molecule has 7 heteroatoms. The molecular weight excluding hydrogens is 261 g/mol. The molecule has 0 aliphatic carbocycles. The van der Waals surface area contributed by atoms with Crippen LogP contribution in [0.1, 0.15) is 6.42 Å². The van der Waals surface area contributed by atoms with E-state index in [0.29, 0.717) is 0 Å². The zero-order valence-electron chi connectivity index (χ0n) is 9.70. The van der Waals surface area contributed by atoms with Gasteiger partial charge in [-0.1, -0.05) is 6.07 Å². The van der Waals surface area contributed by atoms with Crippen molar-refractivity contribution in [1.29, 1.82) is 0 Å². The van der Waals surface area contributed by atoms with Gasteiger partial charge in [-0.25, -0.2) is 0 Å². The Kier molecular flexibility index (Phi) is 4.78. The van der Waals surface area contributed by atoms with Crippen molar-refractivity contribution in [2.75, 3.05) is 5.32 Å². The number of carbonyl (C=O) groups excluding carboxylic acids is 1. The number of anilines is 1. The van der Waals surface area contributed by atoms with Gasteiger partial charge in [-0.2, -0.15) is 0 Å². The molecule has 1 amide bonds. The lowest BCUT2D eigenvalue weighted by atomic mass is 10.2. The molecule has 4 nitrogen and oxygen atoms in total. The molecule has 0 bridgehead atoms. The summed E-state index contributed by atoms with van der Waals surface area (Å²) in [7, 11) is 0. The summed E-state index contributed by atoms with van der Waals surface area (Å²) in [5, 5.41) is 2.35. The van der Waals surface area contributed by atoms with Crippen LogP contribution < -0.4 is 15.8 Å². The van der Waals surface area contributed by atoms with Gasteiger partial charge >= 0.3 is 6.36 Å². The summed E-state index contributed by atoms with van der Waals surface area (Å²) in [5.41, 5.74) is 5.59. The van der Waals surface area contributed by atoms with Crippen molar-refractivity contribution in [2.45, 2.75) is 18.8 Å². The SMILES string of the molecule is C#CCC(N)C(=O)Nc1cccc(OC(F)(F)F)c1. The van der Waals surface area contributed by atoms with Crippen LogP contribution in [0.15, 0.2) is 24.3 Å². The van der Waals surface area contributed by atoms with E-state index >= 15 is 0 Å². The first-order valence-corrected chi connectivity index (χ1v) is 5.17. The van der Waals surface area contributed by atoms with E-state index in [2.05, 4.69) is 16.0 Å². The number of terminal acetylenes is 1.